The Kier molecular flexibility index (Phi) is 11.4. The van der Waals surface area contributed by atoms with E-state index in [1.807, 2.05) is 5.32 Å². The number of hydrogen-bond acceptors (Lipinski definition) is 10. The SMILES string of the molecule is [NH3+][C@@H](CCC(=O)N[C@@H](CSC(=O)CCC(=O)[O-])C(=O)NCC(=O)[O-])C(=O)[O-]. The Bertz CT molecular complexity index is 596. The molecule has 0 heterocycles. The van der Waals surface area contributed by atoms with E-state index in [9.17, 15) is 44.1 Å². The van der Waals surface area contributed by atoms with Crippen molar-refractivity contribution in [3.63, 3.8) is 0 Å². The number of rotatable bonds is 13. The van der Waals surface area contributed by atoms with Crippen LogP contribution in [0.5, 0.6) is 0 Å². The summed E-state index contributed by atoms with van der Waals surface area (Å²) in [5, 5.41) is 34.9. The van der Waals surface area contributed by atoms with Crippen molar-refractivity contribution in [2.45, 2.75) is 37.8 Å². The number of carbonyl (C=O) groups is 6. The quantitative estimate of drug-likeness (QED) is 0.262. The minimum absolute atomic E-state index is 0.154. The number of carboxylic acid groups (broad SMARTS) is 3. The third-order valence-electron chi connectivity index (χ3n) is 3.06. The normalized spacial score (nSPS) is 12.5. The molecule has 13 heteroatoms. The summed E-state index contributed by atoms with van der Waals surface area (Å²) in [5.74, 6) is -6.35. The number of hydrogen-bond donors (Lipinski definition) is 3. The van der Waals surface area contributed by atoms with Crippen molar-refractivity contribution in [3.8, 4) is 0 Å². The van der Waals surface area contributed by atoms with Gasteiger partial charge in [0.1, 0.15) is 12.1 Å². The van der Waals surface area contributed by atoms with Crippen LogP contribution in [0.4, 0.5) is 0 Å². The van der Waals surface area contributed by atoms with E-state index in [1.165, 1.54) is 0 Å². The van der Waals surface area contributed by atoms with E-state index in [-0.39, 0.29) is 25.0 Å². The largest absolute Gasteiger partial charge is 0.550 e. The monoisotopic (exact) mass is 405 g/mol. The summed E-state index contributed by atoms with van der Waals surface area (Å²) >= 11 is 0.575. The zero-order valence-corrected chi connectivity index (χ0v) is 15.0. The minimum Gasteiger partial charge on any atom is -0.550 e. The molecule has 0 radical (unpaired) electrons. The second kappa shape index (κ2) is 12.6. The number of quaternary nitrogens is 1. The first-order valence-electron chi connectivity index (χ1n) is 7.69. The van der Waals surface area contributed by atoms with Crippen molar-refractivity contribution in [3.05, 3.63) is 0 Å². The molecular formula is C14H19N3O9S-2. The molecule has 0 aliphatic carbocycles. The standard InChI is InChI=1S/C14H21N3O9S/c15-7(14(25)26)1-2-9(18)17-8(13(24)16-5-11(21)22)6-27-12(23)4-3-10(19)20/h7-8H,1-6,15H2,(H,16,24)(H,17,18)(H,19,20)(H,21,22)(H,25,26)/p-2/t7-,8-/m0/s1. The number of aliphatic carboxylic acids is 3. The Morgan fingerprint density at radius 3 is 2.07 bits per heavy atom. The number of amides is 2. The van der Waals surface area contributed by atoms with E-state index >= 15 is 0 Å². The van der Waals surface area contributed by atoms with Gasteiger partial charge in [0.25, 0.3) is 0 Å². The van der Waals surface area contributed by atoms with Crippen molar-refractivity contribution in [1.29, 1.82) is 0 Å². The molecule has 2 atom stereocenters. The fraction of sp³-hybridized carbons (Fsp3) is 0.571. The third kappa shape index (κ3) is 12.3. The number of carboxylic acids is 3. The average molecular weight is 405 g/mol. The van der Waals surface area contributed by atoms with Gasteiger partial charge in [0, 0.05) is 31.0 Å². The molecule has 12 nitrogen and oxygen atoms in total. The molecule has 27 heavy (non-hydrogen) atoms. The fourth-order valence-corrected chi connectivity index (χ4v) is 2.44. The molecule has 0 aromatic carbocycles. The average Bonchev–Trinajstić information content (AvgIpc) is 2.58. The second-order valence-corrected chi connectivity index (χ2v) is 6.40. The molecular weight excluding hydrogens is 386 g/mol. The fourth-order valence-electron chi connectivity index (χ4n) is 1.61. The summed E-state index contributed by atoms with van der Waals surface area (Å²) in [6, 6.07) is -2.44. The van der Waals surface area contributed by atoms with Crippen molar-refractivity contribution >= 4 is 46.6 Å². The zero-order valence-electron chi connectivity index (χ0n) is 14.2. The van der Waals surface area contributed by atoms with Gasteiger partial charge in [-0.2, -0.15) is 0 Å². The van der Waals surface area contributed by atoms with E-state index in [1.54, 1.807) is 0 Å². The van der Waals surface area contributed by atoms with Gasteiger partial charge < -0.3 is 46.1 Å². The van der Waals surface area contributed by atoms with Crippen LogP contribution in [0.15, 0.2) is 0 Å². The molecule has 0 rings (SSSR count). The van der Waals surface area contributed by atoms with E-state index in [0.29, 0.717) is 11.8 Å². The molecule has 0 aromatic rings. The highest BCUT2D eigenvalue weighted by molar-refractivity contribution is 8.13. The van der Waals surface area contributed by atoms with E-state index < -0.39 is 59.9 Å². The predicted molar refractivity (Wildman–Crippen MR) is 82.6 cm³/mol. The predicted octanol–water partition coefficient (Wildman–Crippen LogP) is -6.73. The highest BCUT2D eigenvalue weighted by Crippen LogP contribution is 2.10. The van der Waals surface area contributed by atoms with Gasteiger partial charge in [0.2, 0.25) is 11.8 Å². The van der Waals surface area contributed by atoms with Crippen LogP contribution in [-0.4, -0.2) is 59.2 Å². The number of nitrogens with one attached hydrogen (secondary N) is 2. The Hall–Kier alpha value is -2.67. The van der Waals surface area contributed by atoms with Crippen molar-refractivity contribution in [2.75, 3.05) is 12.3 Å². The van der Waals surface area contributed by atoms with Gasteiger partial charge in [-0.25, -0.2) is 0 Å². The van der Waals surface area contributed by atoms with Crippen LogP contribution < -0.4 is 31.7 Å². The molecule has 2 amide bonds. The Morgan fingerprint density at radius 1 is 0.926 bits per heavy atom. The molecule has 5 N–H and O–H groups in total. The summed E-state index contributed by atoms with van der Waals surface area (Å²) in [6.07, 6.45) is -1.30. The van der Waals surface area contributed by atoms with Crippen LogP contribution in [0.1, 0.15) is 25.7 Å². The maximum absolute atomic E-state index is 11.9. The summed E-state index contributed by atoms with van der Waals surface area (Å²) in [7, 11) is 0. The molecule has 0 unspecified atom stereocenters. The number of carbonyl (C=O) groups excluding carboxylic acids is 6. The summed E-state index contributed by atoms with van der Waals surface area (Å²) < 4.78 is 0. The van der Waals surface area contributed by atoms with Crippen LogP contribution in [0, 0.1) is 0 Å². The first-order chi connectivity index (χ1) is 12.5. The van der Waals surface area contributed by atoms with E-state index in [2.05, 4.69) is 11.1 Å². The summed E-state index contributed by atoms with van der Waals surface area (Å²) in [6.45, 7) is -0.819. The zero-order chi connectivity index (χ0) is 21.0. The minimum atomic E-state index is -1.57. The molecule has 0 bridgehead atoms. The molecule has 0 aliphatic heterocycles. The lowest BCUT2D eigenvalue weighted by Crippen LogP contribution is -2.68. The van der Waals surface area contributed by atoms with Gasteiger partial charge in [-0.05, 0) is 6.42 Å². The van der Waals surface area contributed by atoms with Gasteiger partial charge in [-0.1, -0.05) is 11.8 Å². The first kappa shape index (κ1) is 24.3. The van der Waals surface area contributed by atoms with Gasteiger partial charge in [-0.15, -0.1) is 0 Å². The highest BCUT2D eigenvalue weighted by atomic mass is 32.2. The van der Waals surface area contributed by atoms with E-state index in [0.717, 1.165) is 0 Å². The smallest absolute Gasteiger partial charge is 0.243 e. The van der Waals surface area contributed by atoms with Crippen molar-refractivity contribution in [1.82, 2.24) is 10.6 Å². The van der Waals surface area contributed by atoms with Crippen LogP contribution in [0.25, 0.3) is 0 Å². The molecule has 0 aliphatic rings. The van der Waals surface area contributed by atoms with E-state index in [4.69, 9.17) is 0 Å². The highest BCUT2D eigenvalue weighted by Gasteiger charge is 2.22. The van der Waals surface area contributed by atoms with Gasteiger partial charge in [-0.3, -0.25) is 14.4 Å². The Labute approximate surface area is 157 Å². The maximum Gasteiger partial charge on any atom is 0.243 e. The third-order valence-corrected chi connectivity index (χ3v) is 4.08. The summed E-state index contributed by atoms with van der Waals surface area (Å²) in [5.41, 5.74) is 3.27. The van der Waals surface area contributed by atoms with Gasteiger partial charge >= 0.3 is 0 Å². The molecule has 0 aromatic heterocycles. The molecule has 0 fully saturated rings. The lowest BCUT2D eigenvalue weighted by atomic mass is 10.1. The molecule has 0 saturated heterocycles. The maximum atomic E-state index is 11.9. The summed E-state index contributed by atoms with van der Waals surface area (Å²) in [4.78, 5) is 66.6. The van der Waals surface area contributed by atoms with Gasteiger partial charge in [0.15, 0.2) is 5.12 Å². The Balaban J connectivity index is 4.72. The lowest BCUT2D eigenvalue weighted by Gasteiger charge is -2.18. The van der Waals surface area contributed by atoms with Crippen molar-refractivity contribution < 1.29 is 49.8 Å². The topological polar surface area (TPSA) is 223 Å². The van der Waals surface area contributed by atoms with Crippen LogP contribution in [-0.2, 0) is 28.8 Å². The van der Waals surface area contributed by atoms with Crippen molar-refractivity contribution in [2.24, 2.45) is 0 Å². The number of thioether (sulfide) groups is 1. The lowest BCUT2D eigenvalue weighted by molar-refractivity contribution is -0.438. The van der Waals surface area contributed by atoms with Crippen LogP contribution in [0.2, 0.25) is 0 Å². The van der Waals surface area contributed by atoms with Crippen LogP contribution in [0.3, 0.4) is 0 Å². The Morgan fingerprint density at radius 2 is 1.56 bits per heavy atom. The second-order valence-electron chi connectivity index (χ2n) is 5.32. The first-order valence-corrected chi connectivity index (χ1v) is 8.67. The van der Waals surface area contributed by atoms with Crippen LogP contribution >= 0.6 is 11.8 Å². The van der Waals surface area contributed by atoms with Gasteiger partial charge in [0.05, 0.1) is 18.5 Å². The molecule has 0 saturated carbocycles. The molecule has 152 valence electrons. The molecule has 0 spiro atoms.